The summed E-state index contributed by atoms with van der Waals surface area (Å²) in [5, 5.41) is 3.63. The first-order chi connectivity index (χ1) is 31.1. The van der Waals surface area contributed by atoms with Gasteiger partial charge in [0, 0.05) is 40.2 Å². The van der Waals surface area contributed by atoms with Crippen molar-refractivity contribution in [3.8, 4) is 11.1 Å². The largest absolute Gasteiger partial charge is 0.397 e. The average molecular weight is 821 g/mol. The predicted octanol–water partition coefficient (Wildman–Crippen LogP) is 10.7. The molecule has 63 heavy (non-hydrogen) atoms. The summed E-state index contributed by atoms with van der Waals surface area (Å²) in [4.78, 5) is 22.8. The molecule has 308 valence electrons. The molecular weight excluding hydrogens is 773 g/mol. The first-order valence-electron chi connectivity index (χ1n) is 21.3. The van der Waals surface area contributed by atoms with Crippen LogP contribution >= 0.6 is 0 Å². The van der Waals surface area contributed by atoms with Crippen LogP contribution < -0.4 is 21.7 Å². The molecule has 0 radical (unpaired) electrons. The fourth-order valence-corrected chi connectivity index (χ4v) is 7.94. The van der Waals surface area contributed by atoms with E-state index in [0.717, 1.165) is 91.7 Å². The number of nitrogens with one attached hydrogen (secondary N) is 1. The van der Waals surface area contributed by atoms with Gasteiger partial charge in [0.25, 0.3) is 0 Å². The topological polar surface area (TPSA) is 117 Å². The van der Waals surface area contributed by atoms with Crippen molar-refractivity contribution in [3.63, 3.8) is 0 Å². The second-order valence-corrected chi connectivity index (χ2v) is 15.4. The minimum atomic E-state index is -0.447. The summed E-state index contributed by atoms with van der Waals surface area (Å²) in [6, 6.07) is 65.9. The van der Waals surface area contributed by atoms with Crippen LogP contribution in [-0.4, -0.2) is 23.3 Å². The van der Waals surface area contributed by atoms with Gasteiger partial charge in [0.1, 0.15) is 17.5 Å². The fourth-order valence-electron chi connectivity index (χ4n) is 7.94. The van der Waals surface area contributed by atoms with Crippen LogP contribution in [0.4, 0.5) is 5.69 Å². The van der Waals surface area contributed by atoms with E-state index in [1.165, 1.54) is 0 Å². The highest BCUT2D eigenvalue weighted by Crippen LogP contribution is 2.34. The Morgan fingerprint density at radius 2 is 1.22 bits per heavy atom. The first-order valence-corrected chi connectivity index (χ1v) is 21.3. The van der Waals surface area contributed by atoms with Crippen LogP contribution in [0.1, 0.15) is 58.0 Å². The molecule has 7 aromatic carbocycles. The Balaban J connectivity index is 1.18. The highest BCUT2D eigenvalue weighted by atomic mass is 15.2. The van der Waals surface area contributed by atoms with Crippen molar-refractivity contribution in [2.75, 3.05) is 4.90 Å². The molecule has 1 unspecified atom stereocenters. The SMILES string of the molecule is NC(=NC(=NCc1cc(C2=NC(c3ccccc3)N=C(c3ccccc3)N2)cc(-c2ccccc2CN(C2=C(N)C=CCC2)c2ccccc2)c1)c1ccccc1)c1ccccc1. The lowest BCUT2D eigenvalue weighted by molar-refractivity contribution is 0.756. The number of nitrogens with zero attached hydrogens (tertiary/aromatic N) is 5. The number of aliphatic imine (C=N–C) groups is 4. The van der Waals surface area contributed by atoms with E-state index in [0.29, 0.717) is 24.8 Å². The minimum absolute atomic E-state index is 0.333. The second kappa shape index (κ2) is 19.1. The van der Waals surface area contributed by atoms with Gasteiger partial charge >= 0.3 is 0 Å². The summed E-state index contributed by atoms with van der Waals surface area (Å²) in [7, 11) is 0. The Morgan fingerprint density at radius 3 is 1.92 bits per heavy atom. The third kappa shape index (κ3) is 9.61. The number of anilines is 1. The maximum Gasteiger partial charge on any atom is 0.169 e. The Labute approximate surface area is 369 Å². The fraction of sp³-hybridized carbons (Fsp3) is 0.0909. The third-order valence-electron chi connectivity index (χ3n) is 11.1. The van der Waals surface area contributed by atoms with Gasteiger partial charge in [-0.1, -0.05) is 170 Å². The van der Waals surface area contributed by atoms with Gasteiger partial charge < -0.3 is 21.7 Å². The molecule has 0 amide bonds. The van der Waals surface area contributed by atoms with Gasteiger partial charge in [-0.3, -0.25) is 4.99 Å². The van der Waals surface area contributed by atoms with Gasteiger partial charge in [-0.05, 0) is 77.1 Å². The summed E-state index contributed by atoms with van der Waals surface area (Å²) in [6.45, 7) is 0.952. The quantitative estimate of drug-likeness (QED) is 0.0840. The van der Waals surface area contributed by atoms with E-state index >= 15 is 0 Å². The molecule has 7 aromatic rings. The van der Waals surface area contributed by atoms with E-state index in [9.17, 15) is 0 Å². The molecule has 0 spiro atoms. The van der Waals surface area contributed by atoms with Gasteiger partial charge in [0.2, 0.25) is 0 Å². The number of allylic oxidation sites excluding steroid dienone is 3. The van der Waals surface area contributed by atoms with Gasteiger partial charge in [-0.25, -0.2) is 15.0 Å². The van der Waals surface area contributed by atoms with Crippen molar-refractivity contribution >= 4 is 29.0 Å². The summed E-state index contributed by atoms with van der Waals surface area (Å²) in [6.07, 6.45) is 5.53. The van der Waals surface area contributed by atoms with Crippen molar-refractivity contribution in [2.24, 2.45) is 31.4 Å². The zero-order valence-electron chi connectivity index (χ0n) is 34.9. The number of para-hydroxylation sites is 1. The number of hydrogen-bond donors (Lipinski definition) is 3. The zero-order chi connectivity index (χ0) is 42.8. The van der Waals surface area contributed by atoms with Crippen LogP contribution in [-0.2, 0) is 13.1 Å². The van der Waals surface area contributed by atoms with E-state index in [2.05, 4.69) is 107 Å². The monoisotopic (exact) mass is 820 g/mol. The molecule has 1 heterocycles. The van der Waals surface area contributed by atoms with Gasteiger partial charge in [-0.2, -0.15) is 0 Å². The number of hydrogen-bond acceptors (Lipinski definition) is 6. The molecule has 1 aliphatic heterocycles. The average Bonchev–Trinajstić information content (AvgIpc) is 3.36. The van der Waals surface area contributed by atoms with Crippen molar-refractivity contribution < 1.29 is 0 Å². The number of amidine groups is 4. The highest BCUT2D eigenvalue weighted by molar-refractivity contribution is 6.16. The number of rotatable bonds is 12. The Bertz CT molecular complexity index is 2870. The summed E-state index contributed by atoms with van der Waals surface area (Å²) < 4.78 is 0. The lowest BCUT2D eigenvalue weighted by Crippen LogP contribution is -2.36. The van der Waals surface area contributed by atoms with Crippen molar-refractivity contribution in [3.05, 3.63) is 257 Å². The molecule has 0 saturated carbocycles. The molecule has 0 aromatic heterocycles. The first kappa shape index (κ1) is 40.3. The van der Waals surface area contributed by atoms with Crippen LogP contribution in [0.3, 0.4) is 0 Å². The predicted molar refractivity (Wildman–Crippen MR) is 260 cm³/mol. The number of nitrogens with two attached hydrogens (primary N) is 2. The molecule has 2 aliphatic rings. The molecule has 8 nitrogen and oxygen atoms in total. The lowest BCUT2D eigenvalue weighted by Gasteiger charge is -2.31. The molecule has 0 fully saturated rings. The van der Waals surface area contributed by atoms with Crippen molar-refractivity contribution in [1.29, 1.82) is 0 Å². The van der Waals surface area contributed by atoms with Gasteiger partial charge in [-0.15, -0.1) is 0 Å². The number of benzene rings is 7. The van der Waals surface area contributed by atoms with Crippen LogP contribution in [0.15, 0.2) is 238 Å². The van der Waals surface area contributed by atoms with E-state index < -0.39 is 6.17 Å². The molecular formula is C55H48N8. The lowest BCUT2D eigenvalue weighted by atomic mass is 9.94. The molecule has 1 atom stereocenters. The van der Waals surface area contributed by atoms with Crippen molar-refractivity contribution in [2.45, 2.75) is 32.1 Å². The minimum Gasteiger partial charge on any atom is -0.397 e. The molecule has 8 heteroatoms. The normalized spacial score (nSPS) is 15.3. The van der Waals surface area contributed by atoms with E-state index in [1.807, 2.05) is 109 Å². The maximum atomic E-state index is 6.70. The Kier molecular flexibility index (Phi) is 12.2. The Hall–Kier alpha value is -8.10. The van der Waals surface area contributed by atoms with Crippen LogP contribution in [0.25, 0.3) is 11.1 Å². The van der Waals surface area contributed by atoms with E-state index in [-0.39, 0.29) is 0 Å². The third-order valence-corrected chi connectivity index (χ3v) is 11.1. The molecule has 1 aliphatic carbocycles. The van der Waals surface area contributed by atoms with Crippen LogP contribution in [0.2, 0.25) is 0 Å². The standard InChI is InChI=1S/C55H48N8/c56-49-32-18-19-33-50(49)63(47-29-14-5-15-30-47)38-44-28-16-17-31-48(44)45-34-39(37-58-52(41-22-8-2-9-23-41)59-51(57)40-20-6-1-7-21-40)35-46(36-45)55-61-53(42-24-10-3-11-25-42)60-54(62-55)43-26-12-4-13-27-43/h1-18,20-32,34-36,53H,19,33,37-38,56H2,(H2,57,58,59)(H,60,61,62). The van der Waals surface area contributed by atoms with E-state index in [4.69, 9.17) is 31.4 Å². The van der Waals surface area contributed by atoms with Crippen LogP contribution in [0.5, 0.6) is 0 Å². The highest BCUT2D eigenvalue weighted by Gasteiger charge is 2.23. The molecule has 0 saturated heterocycles. The summed E-state index contributed by atoms with van der Waals surface area (Å²) in [5.74, 6) is 2.41. The maximum absolute atomic E-state index is 6.70. The summed E-state index contributed by atoms with van der Waals surface area (Å²) >= 11 is 0. The molecule has 9 rings (SSSR count). The smallest absolute Gasteiger partial charge is 0.169 e. The summed E-state index contributed by atoms with van der Waals surface area (Å²) in [5.41, 5.74) is 25.2. The van der Waals surface area contributed by atoms with Crippen molar-refractivity contribution in [1.82, 2.24) is 5.32 Å². The van der Waals surface area contributed by atoms with Gasteiger partial charge in [0.05, 0.1) is 12.2 Å². The Morgan fingerprint density at radius 1 is 0.635 bits per heavy atom. The second-order valence-electron chi connectivity index (χ2n) is 15.4. The van der Waals surface area contributed by atoms with E-state index in [1.54, 1.807) is 0 Å². The van der Waals surface area contributed by atoms with Gasteiger partial charge in [0.15, 0.2) is 12.0 Å². The zero-order valence-corrected chi connectivity index (χ0v) is 34.9. The molecule has 5 N–H and O–H groups in total. The van der Waals surface area contributed by atoms with Crippen LogP contribution in [0, 0.1) is 0 Å². The molecule has 0 bridgehead atoms.